The van der Waals surface area contributed by atoms with Crippen LogP contribution in [-0.4, -0.2) is 50.0 Å². The highest BCUT2D eigenvalue weighted by molar-refractivity contribution is 7.89. The van der Waals surface area contributed by atoms with E-state index in [4.69, 9.17) is 5.11 Å². The van der Waals surface area contributed by atoms with Crippen LogP contribution < -0.4 is 0 Å². The lowest BCUT2D eigenvalue weighted by Gasteiger charge is -2.18. The minimum Gasteiger partial charge on any atom is -0.481 e. The summed E-state index contributed by atoms with van der Waals surface area (Å²) >= 11 is 0. The van der Waals surface area contributed by atoms with Gasteiger partial charge in [-0.05, 0) is 25.5 Å². The number of carboxylic acid groups (broad SMARTS) is 1. The van der Waals surface area contributed by atoms with E-state index in [2.05, 4.69) is 4.74 Å². The molecular formula is C14H17NO6S. The molecule has 1 N–H and O–H groups in total. The van der Waals surface area contributed by atoms with Gasteiger partial charge in [-0.2, -0.15) is 4.31 Å². The van der Waals surface area contributed by atoms with E-state index in [1.54, 1.807) is 13.0 Å². The largest absolute Gasteiger partial charge is 0.481 e. The van der Waals surface area contributed by atoms with Crippen LogP contribution in [-0.2, 0) is 19.6 Å². The number of esters is 1. The lowest BCUT2D eigenvalue weighted by atomic mass is 10.1. The molecule has 0 radical (unpaired) electrons. The van der Waals surface area contributed by atoms with Gasteiger partial charge in [0, 0.05) is 13.1 Å². The highest BCUT2D eigenvalue weighted by atomic mass is 32.2. The van der Waals surface area contributed by atoms with Gasteiger partial charge in [0.05, 0.1) is 23.5 Å². The summed E-state index contributed by atoms with van der Waals surface area (Å²) < 4.78 is 31.1. The molecule has 120 valence electrons. The van der Waals surface area contributed by atoms with Crippen LogP contribution in [0.1, 0.15) is 22.3 Å². The smallest absolute Gasteiger partial charge is 0.339 e. The number of benzene rings is 1. The Morgan fingerprint density at radius 2 is 2.05 bits per heavy atom. The predicted molar refractivity (Wildman–Crippen MR) is 77.0 cm³/mol. The van der Waals surface area contributed by atoms with Crippen molar-refractivity contribution in [3.05, 3.63) is 29.3 Å². The summed E-state index contributed by atoms with van der Waals surface area (Å²) in [6, 6.07) is 4.39. The summed E-state index contributed by atoms with van der Waals surface area (Å²) in [4.78, 5) is 22.6. The molecular weight excluding hydrogens is 310 g/mol. The Labute approximate surface area is 128 Å². The number of sulfonamides is 1. The molecule has 1 aliphatic rings. The van der Waals surface area contributed by atoms with Gasteiger partial charge in [0.15, 0.2) is 0 Å². The van der Waals surface area contributed by atoms with E-state index in [1.165, 1.54) is 19.2 Å². The fourth-order valence-corrected chi connectivity index (χ4v) is 4.09. The summed E-state index contributed by atoms with van der Waals surface area (Å²) in [5, 5.41) is 8.99. The van der Waals surface area contributed by atoms with Gasteiger partial charge in [-0.1, -0.05) is 11.6 Å². The van der Waals surface area contributed by atoms with Gasteiger partial charge >= 0.3 is 11.9 Å². The second kappa shape index (κ2) is 6.05. The van der Waals surface area contributed by atoms with Gasteiger partial charge < -0.3 is 9.84 Å². The minimum atomic E-state index is -3.94. The van der Waals surface area contributed by atoms with Crippen molar-refractivity contribution in [2.45, 2.75) is 18.2 Å². The monoisotopic (exact) mass is 327 g/mol. The van der Waals surface area contributed by atoms with E-state index < -0.39 is 27.9 Å². The first-order valence-electron chi connectivity index (χ1n) is 6.69. The van der Waals surface area contributed by atoms with Crippen molar-refractivity contribution in [2.24, 2.45) is 5.92 Å². The SMILES string of the molecule is COC(=O)c1cc(C)ccc1S(=O)(=O)N1CCC(C(=O)O)C1. The minimum absolute atomic E-state index is 0.0405. The first-order valence-corrected chi connectivity index (χ1v) is 8.13. The number of carbonyl (C=O) groups excluding carboxylic acids is 1. The van der Waals surface area contributed by atoms with Gasteiger partial charge in [0.2, 0.25) is 10.0 Å². The van der Waals surface area contributed by atoms with Crippen LogP contribution in [0.5, 0.6) is 0 Å². The molecule has 1 heterocycles. The Morgan fingerprint density at radius 1 is 1.36 bits per heavy atom. The Kier molecular flexibility index (Phi) is 4.52. The molecule has 22 heavy (non-hydrogen) atoms. The third kappa shape index (κ3) is 2.97. The zero-order valence-electron chi connectivity index (χ0n) is 12.3. The van der Waals surface area contributed by atoms with Crippen LogP contribution >= 0.6 is 0 Å². The molecule has 1 saturated heterocycles. The molecule has 8 heteroatoms. The van der Waals surface area contributed by atoms with Gasteiger partial charge in [-0.25, -0.2) is 13.2 Å². The normalized spacial score (nSPS) is 19.1. The molecule has 1 unspecified atom stereocenters. The van der Waals surface area contributed by atoms with Gasteiger partial charge in [0.1, 0.15) is 0 Å². The zero-order chi connectivity index (χ0) is 16.5. The average Bonchev–Trinajstić information content (AvgIpc) is 2.96. The third-order valence-corrected chi connectivity index (χ3v) is 5.58. The van der Waals surface area contributed by atoms with E-state index in [-0.39, 0.29) is 30.0 Å². The molecule has 2 rings (SSSR count). The molecule has 0 aliphatic carbocycles. The number of hydrogen-bond acceptors (Lipinski definition) is 5. The third-order valence-electron chi connectivity index (χ3n) is 3.66. The Balaban J connectivity index is 2.42. The summed E-state index contributed by atoms with van der Waals surface area (Å²) in [5.41, 5.74) is 0.686. The summed E-state index contributed by atoms with van der Waals surface area (Å²) in [6.07, 6.45) is 0.258. The van der Waals surface area contributed by atoms with Crippen molar-refractivity contribution >= 4 is 22.0 Å². The summed E-state index contributed by atoms with van der Waals surface area (Å²) in [6.45, 7) is 1.76. The van der Waals surface area contributed by atoms with Crippen LogP contribution in [0.3, 0.4) is 0 Å². The number of methoxy groups -OCH3 is 1. The average molecular weight is 327 g/mol. The van der Waals surface area contributed by atoms with Gasteiger partial charge in [-0.3, -0.25) is 4.79 Å². The van der Waals surface area contributed by atoms with E-state index >= 15 is 0 Å². The van der Waals surface area contributed by atoms with E-state index in [1.807, 2.05) is 0 Å². The molecule has 0 amide bonds. The Morgan fingerprint density at radius 3 is 2.59 bits per heavy atom. The topological polar surface area (TPSA) is 101 Å². The molecule has 1 atom stereocenters. The number of aryl methyl sites for hydroxylation is 1. The second-order valence-corrected chi connectivity index (χ2v) is 7.08. The number of carboxylic acids is 1. The highest BCUT2D eigenvalue weighted by Crippen LogP contribution is 2.27. The van der Waals surface area contributed by atoms with Crippen molar-refractivity contribution < 1.29 is 27.9 Å². The number of ether oxygens (including phenoxy) is 1. The van der Waals surface area contributed by atoms with E-state index in [0.717, 1.165) is 9.87 Å². The maximum atomic E-state index is 12.7. The first-order chi connectivity index (χ1) is 10.3. The van der Waals surface area contributed by atoms with Crippen molar-refractivity contribution in [2.75, 3.05) is 20.2 Å². The molecule has 1 aromatic rings. The molecule has 7 nitrogen and oxygen atoms in total. The molecule has 1 aromatic carbocycles. The number of carbonyl (C=O) groups is 2. The fourth-order valence-electron chi connectivity index (χ4n) is 2.43. The maximum absolute atomic E-state index is 12.7. The molecule has 1 fully saturated rings. The van der Waals surface area contributed by atoms with Crippen molar-refractivity contribution in [3.63, 3.8) is 0 Å². The van der Waals surface area contributed by atoms with Gasteiger partial charge in [0.25, 0.3) is 0 Å². The van der Waals surface area contributed by atoms with Crippen LogP contribution in [0.15, 0.2) is 23.1 Å². The molecule has 0 spiro atoms. The molecule has 0 saturated carbocycles. The van der Waals surface area contributed by atoms with Crippen molar-refractivity contribution in [1.82, 2.24) is 4.31 Å². The Bertz CT molecular complexity index is 712. The molecule has 0 aromatic heterocycles. The number of aliphatic carboxylic acids is 1. The highest BCUT2D eigenvalue weighted by Gasteiger charge is 2.37. The fraction of sp³-hybridized carbons (Fsp3) is 0.429. The first kappa shape index (κ1) is 16.4. The van der Waals surface area contributed by atoms with Crippen LogP contribution in [0.25, 0.3) is 0 Å². The van der Waals surface area contributed by atoms with Crippen LogP contribution in [0.2, 0.25) is 0 Å². The predicted octanol–water partition coefficient (Wildman–Crippen LogP) is 0.877. The number of nitrogens with zero attached hydrogens (tertiary/aromatic N) is 1. The molecule has 0 bridgehead atoms. The number of rotatable bonds is 4. The van der Waals surface area contributed by atoms with Gasteiger partial charge in [-0.15, -0.1) is 0 Å². The van der Waals surface area contributed by atoms with Crippen molar-refractivity contribution in [1.29, 1.82) is 0 Å². The number of hydrogen-bond donors (Lipinski definition) is 1. The lowest BCUT2D eigenvalue weighted by molar-refractivity contribution is -0.141. The maximum Gasteiger partial charge on any atom is 0.339 e. The standard InChI is InChI=1S/C14H17NO6S/c1-9-3-4-12(11(7-9)14(18)21-2)22(19,20)15-6-5-10(8-15)13(16)17/h3-4,7,10H,5-6,8H2,1-2H3,(H,16,17). The van der Waals surface area contributed by atoms with Crippen LogP contribution in [0.4, 0.5) is 0 Å². The second-order valence-electron chi connectivity index (χ2n) is 5.18. The summed E-state index contributed by atoms with van der Waals surface area (Å²) in [5.74, 6) is -2.48. The van der Waals surface area contributed by atoms with E-state index in [0.29, 0.717) is 0 Å². The van der Waals surface area contributed by atoms with Crippen molar-refractivity contribution in [3.8, 4) is 0 Å². The zero-order valence-corrected chi connectivity index (χ0v) is 13.1. The van der Waals surface area contributed by atoms with Crippen LogP contribution in [0, 0.1) is 12.8 Å². The summed E-state index contributed by atoms with van der Waals surface area (Å²) in [7, 11) is -2.76. The quantitative estimate of drug-likeness (QED) is 0.824. The lowest BCUT2D eigenvalue weighted by Crippen LogP contribution is -2.31. The molecule has 1 aliphatic heterocycles. The van der Waals surface area contributed by atoms with E-state index in [9.17, 15) is 18.0 Å². The Hall–Kier alpha value is -1.93.